The van der Waals surface area contributed by atoms with Gasteiger partial charge in [0.05, 0.1) is 32.6 Å². The molecule has 0 aromatic carbocycles. The first-order valence-electron chi connectivity index (χ1n) is 9.68. The third-order valence-electron chi connectivity index (χ3n) is 4.48. The number of aliphatic imine (C=N–C) groups is 1. The standard InChI is InChI=1S/C19H29N3O4Si/c1-2-23-19(15-18-5-3-6-20-16-18)17-21-7-4-14-27-24-11-8-22(9-12-25-27)10-13-26-27/h3,5-6,15-17H,2,4,7-14H2,1H3. The first kappa shape index (κ1) is 20.2. The van der Waals surface area contributed by atoms with Gasteiger partial charge in [0, 0.05) is 44.6 Å². The maximum absolute atomic E-state index is 6.04. The van der Waals surface area contributed by atoms with Crippen molar-refractivity contribution in [3.05, 3.63) is 35.8 Å². The zero-order valence-electron chi connectivity index (χ0n) is 16.0. The quantitative estimate of drug-likeness (QED) is 0.293. The average Bonchev–Trinajstić information content (AvgIpc) is 2.62. The molecule has 0 aliphatic carbocycles. The maximum Gasteiger partial charge on any atom is 0.501 e. The predicted octanol–water partition coefficient (Wildman–Crippen LogP) is 2.24. The van der Waals surface area contributed by atoms with Gasteiger partial charge in [0.2, 0.25) is 0 Å². The lowest BCUT2D eigenvalue weighted by molar-refractivity contribution is -0.00841. The molecule has 4 heterocycles. The van der Waals surface area contributed by atoms with E-state index in [0.29, 0.717) is 33.0 Å². The Labute approximate surface area is 162 Å². The van der Waals surface area contributed by atoms with Crippen LogP contribution in [0.4, 0.5) is 0 Å². The number of hydrogen-bond acceptors (Lipinski definition) is 7. The van der Waals surface area contributed by atoms with Crippen LogP contribution in [0, 0.1) is 0 Å². The second kappa shape index (κ2) is 10.7. The lowest BCUT2D eigenvalue weighted by atomic mass is 10.2. The monoisotopic (exact) mass is 391 g/mol. The second-order valence-electron chi connectivity index (χ2n) is 6.47. The Morgan fingerprint density at radius 1 is 1.26 bits per heavy atom. The van der Waals surface area contributed by atoms with Crippen LogP contribution in [0.3, 0.4) is 0 Å². The van der Waals surface area contributed by atoms with Gasteiger partial charge in [0.25, 0.3) is 0 Å². The van der Waals surface area contributed by atoms with Crippen molar-refractivity contribution in [1.82, 2.24) is 9.88 Å². The number of allylic oxidation sites excluding steroid dienone is 1. The van der Waals surface area contributed by atoms with E-state index in [0.717, 1.165) is 43.4 Å². The van der Waals surface area contributed by atoms with Crippen LogP contribution < -0.4 is 0 Å². The summed E-state index contributed by atoms with van der Waals surface area (Å²) in [6.45, 7) is 8.23. The Morgan fingerprint density at radius 3 is 2.63 bits per heavy atom. The van der Waals surface area contributed by atoms with Crippen LogP contribution in [0.2, 0.25) is 6.04 Å². The molecule has 3 fully saturated rings. The zero-order valence-corrected chi connectivity index (χ0v) is 17.0. The minimum Gasteiger partial charge on any atom is -0.492 e. The largest absolute Gasteiger partial charge is 0.501 e. The minimum atomic E-state index is -2.54. The molecular formula is C19H29N3O4Si. The van der Waals surface area contributed by atoms with Crippen molar-refractivity contribution in [3.63, 3.8) is 0 Å². The Kier molecular flexibility index (Phi) is 7.97. The average molecular weight is 392 g/mol. The minimum absolute atomic E-state index is 0.598. The fourth-order valence-corrected chi connectivity index (χ4v) is 5.60. The van der Waals surface area contributed by atoms with E-state index in [2.05, 4.69) is 14.9 Å². The highest BCUT2D eigenvalue weighted by Gasteiger charge is 2.43. The fourth-order valence-electron chi connectivity index (χ4n) is 3.12. The molecule has 1 aromatic rings. The van der Waals surface area contributed by atoms with E-state index < -0.39 is 8.80 Å². The lowest BCUT2D eigenvalue weighted by Crippen LogP contribution is -2.55. The molecule has 8 heteroatoms. The first-order valence-corrected chi connectivity index (χ1v) is 11.6. The van der Waals surface area contributed by atoms with Crippen molar-refractivity contribution < 1.29 is 18.0 Å². The van der Waals surface area contributed by atoms with E-state index in [-0.39, 0.29) is 0 Å². The topological polar surface area (TPSA) is 65.4 Å². The summed E-state index contributed by atoms with van der Waals surface area (Å²) in [7, 11) is -2.54. The van der Waals surface area contributed by atoms with Crippen molar-refractivity contribution in [2.75, 3.05) is 52.6 Å². The van der Waals surface area contributed by atoms with Gasteiger partial charge in [-0.1, -0.05) is 6.07 Å². The summed E-state index contributed by atoms with van der Waals surface area (Å²) in [6, 6.07) is 4.70. The van der Waals surface area contributed by atoms with Crippen LogP contribution in [0.15, 0.2) is 35.3 Å². The summed E-state index contributed by atoms with van der Waals surface area (Å²) < 4.78 is 23.8. The molecule has 7 nitrogen and oxygen atoms in total. The molecule has 27 heavy (non-hydrogen) atoms. The molecule has 2 bridgehead atoms. The summed E-state index contributed by atoms with van der Waals surface area (Å²) in [4.78, 5) is 11.0. The highest BCUT2D eigenvalue weighted by molar-refractivity contribution is 6.60. The smallest absolute Gasteiger partial charge is 0.492 e. The lowest BCUT2D eigenvalue weighted by Gasteiger charge is -2.38. The van der Waals surface area contributed by atoms with Crippen LogP contribution >= 0.6 is 0 Å². The van der Waals surface area contributed by atoms with Crippen molar-refractivity contribution in [2.45, 2.75) is 19.4 Å². The fraction of sp³-hybridized carbons (Fsp3) is 0.579. The number of nitrogens with zero attached hydrogens (tertiary/aromatic N) is 3. The molecule has 148 valence electrons. The number of ether oxygens (including phenoxy) is 1. The summed E-state index contributed by atoms with van der Waals surface area (Å²) in [5.74, 6) is 0.738. The van der Waals surface area contributed by atoms with Gasteiger partial charge in [-0.2, -0.15) is 0 Å². The molecule has 0 atom stereocenters. The zero-order chi connectivity index (χ0) is 18.8. The molecule has 3 saturated heterocycles. The summed E-state index contributed by atoms with van der Waals surface area (Å²) >= 11 is 0. The molecule has 0 saturated carbocycles. The van der Waals surface area contributed by atoms with Crippen LogP contribution in [0.25, 0.3) is 6.08 Å². The van der Waals surface area contributed by atoms with Gasteiger partial charge >= 0.3 is 8.80 Å². The highest BCUT2D eigenvalue weighted by Crippen LogP contribution is 2.21. The molecule has 4 rings (SSSR count). The first-order chi connectivity index (χ1) is 13.3. The molecule has 0 unspecified atom stereocenters. The molecule has 0 N–H and O–H groups in total. The third kappa shape index (κ3) is 6.51. The van der Waals surface area contributed by atoms with Crippen molar-refractivity contribution >= 4 is 21.1 Å². The van der Waals surface area contributed by atoms with E-state index >= 15 is 0 Å². The van der Waals surface area contributed by atoms with Gasteiger partial charge in [-0.05, 0) is 31.1 Å². The van der Waals surface area contributed by atoms with E-state index in [1.807, 2.05) is 25.1 Å². The van der Waals surface area contributed by atoms with Crippen LogP contribution in [-0.2, 0) is 18.0 Å². The highest BCUT2D eigenvalue weighted by atomic mass is 28.4. The van der Waals surface area contributed by atoms with Gasteiger partial charge in [-0.3, -0.25) is 14.9 Å². The van der Waals surface area contributed by atoms with Crippen molar-refractivity contribution in [2.24, 2.45) is 4.99 Å². The Morgan fingerprint density at radius 2 is 2.00 bits per heavy atom. The number of rotatable bonds is 8. The van der Waals surface area contributed by atoms with Crippen LogP contribution in [0.5, 0.6) is 0 Å². The molecule has 1 aromatic heterocycles. The van der Waals surface area contributed by atoms with E-state index in [1.165, 1.54) is 0 Å². The van der Waals surface area contributed by atoms with Gasteiger partial charge in [0.15, 0.2) is 0 Å². The normalized spacial score (nSPS) is 26.6. The molecule has 0 amide bonds. The van der Waals surface area contributed by atoms with Gasteiger partial charge in [0.1, 0.15) is 5.76 Å². The maximum atomic E-state index is 6.04. The third-order valence-corrected chi connectivity index (χ3v) is 7.38. The Bertz CT molecular complexity index is 600. The number of pyridine rings is 1. The number of hydrogen-bond donors (Lipinski definition) is 0. The van der Waals surface area contributed by atoms with Gasteiger partial charge < -0.3 is 18.0 Å². The van der Waals surface area contributed by atoms with Crippen LogP contribution in [0.1, 0.15) is 18.9 Å². The molecule has 3 aliphatic rings. The van der Waals surface area contributed by atoms with E-state index in [9.17, 15) is 0 Å². The van der Waals surface area contributed by atoms with Crippen molar-refractivity contribution in [3.8, 4) is 0 Å². The Hall–Kier alpha value is -1.58. The molecule has 0 radical (unpaired) electrons. The van der Waals surface area contributed by atoms with Gasteiger partial charge in [-0.25, -0.2) is 0 Å². The van der Waals surface area contributed by atoms with E-state index in [4.69, 9.17) is 18.0 Å². The molecule has 3 aliphatic heterocycles. The summed E-state index contributed by atoms with van der Waals surface area (Å²) in [6.07, 6.45) is 8.15. The van der Waals surface area contributed by atoms with Crippen LogP contribution in [-0.4, -0.2) is 77.5 Å². The number of aromatic nitrogens is 1. The van der Waals surface area contributed by atoms with Crippen molar-refractivity contribution in [1.29, 1.82) is 0 Å². The van der Waals surface area contributed by atoms with E-state index in [1.54, 1.807) is 18.6 Å². The Balaban J connectivity index is 1.50. The summed E-state index contributed by atoms with van der Waals surface area (Å²) in [5, 5.41) is 0. The summed E-state index contributed by atoms with van der Waals surface area (Å²) in [5.41, 5.74) is 0.993. The number of fused-ring (bicyclic) bond motifs is 6. The second-order valence-corrected chi connectivity index (χ2v) is 9.21. The predicted molar refractivity (Wildman–Crippen MR) is 107 cm³/mol. The molecular weight excluding hydrogens is 362 g/mol. The SMILES string of the molecule is CCOC(C=NCCC[Si]12OCCN(CCO1)CCO2)=Cc1cccnc1. The van der Waals surface area contributed by atoms with Gasteiger partial charge in [-0.15, -0.1) is 0 Å². The molecule has 0 spiro atoms.